The molecular formula is C17H17ClN6O. The van der Waals surface area contributed by atoms with E-state index in [1.54, 1.807) is 35.1 Å². The van der Waals surface area contributed by atoms with E-state index in [4.69, 9.17) is 11.6 Å². The Balaban J connectivity index is 1.60. The second kappa shape index (κ2) is 6.68. The zero-order chi connectivity index (χ0) is 17.2. The number of carbonyl (C=O) groups excluding carboxylic acids is 1. The maximum absolute atomic E-state index is 12.9. The Hall–Kier alpha value is -2.67. The molecule has 0 fully saturated rings. The van der Waals surface area contributed by atoms with E-state index in [1.165, 1.54) is 0 Å². The first-order valence-electron chi connectivity index (χ1n) is 8.14. The number of rotatable bonds is 3. The van der Waals surface area contributed by atoms with Crippen LogP contribution in [0, 0.1) is 0 Å². The molecule has 0 saturated heterocycles. The lowest BCUT2D eigenvalue weighted by Crippen LogP contribution is -2.31. The number of aryl methyl sites for hydroxylation is 1. The first-order valence-corrected chi connectivity index (χ1v) is 8.52. The van der Waals surface area contributed by atoms with E-state index in [0.29, 0.717) is 30.2 Å². The fourth-order valence-electron chi connectivity index (χ4n) is 3.04. The first kappa shape index (κ1) is 15.8. The standard InChI is InChI=1S/C17H17ClN6O/c18-14-5-1-4-13(10-14)17(25)22-7-3-9-24-16(12-22)15(20-21-24)11-23-8-2-6-19-23/h1-2,4-6,8,10H,3,7,9,11-12H2. The summed E-state index contributed by atoms with van der Waals surface area (Å²) in [4.78, 5) is 14.7. The molecule has 0 bridgehead atoms. The molecule has 0 atom stereocenters. The molecule has 0 aliphatic carbocycles. The number of fused-ring (bicyclic) bond motifs is 1. The lowest BCUT2D eigenvalue weighted by atomic mass is 10.2. The Kier molecular flexibility index (Phi) is 4.23. The molecule has 128 valence electrons. The van der Waals surface area contributed by atoms with Crippen LogP contribution in [0.2, 0.25) is 5.02 Å². The summed E-state index contributed by atoms with van der Waals surface area (Å²) < 4.78 is 3.70. The van der Waals surface area contributed by atoms with Gasteiger partial charge >= 0.3 is 0 Å². The van der Waals surface area contributed by atoms with Gasteiger partial charge in [-0.2, -0.15) is 5.10 Å². The van der Waals surface area contributed by atoms with Gasteiger partial charge in [0.15, 0.2) is 0 Å². The molecule has 7 nitrogen and oxygen atoms in total. The number of benzene rings is 1. The summed E-state index contributed by atoms with van der Waals surface area (Å²) in [5.41, 5.74) is 2.40. The average molecular weight is 357 g/mol. The number of carbonyl (C=O) groups is 1. The molecule has 0 N–H and O–H groups in total. The van der Waals surface area contributed by atoms with Crippen molar-refractivity contribution in [3.8, 4) is 0 Å². The van der Waals surface area contributed by atoms with Crippen molar-refractivity contribution in [2.24, 2.45) is 0 Å². The van der Waals surface area contributed by atoms with Gasteiger partial charge in [0, 0.05) is 36.1 Å². The summed E-state index contributed by atoms with van der Waals surface area (Å²) in [5.74, 6) is -0.0258. The highest BCUT2D eigenvalue weighted by Crippen LogP contribution is 2.19. The van der Waals surface area contributed by atoms with Crippen molar-refractivity contribution < 1.29 is 4.79 Å². The van der Waals surface area contributed by atoms with Crippen molar-refractivity contribution in [2.75, 3.05) is 6.54 Å². The molecule has 0 radical (unpaired) electrons. The van der Waals surface area contributed by atoms with Gasteiger partial charge in [0.05, 0.1) is 18.8 Å². The molecule has 1 aliphatic heterocycles. The van der Waals surface area contributed by atoms with Crippen LogP contribution in [0.4, 0.5) is 0 Å². The third-order valence-electron chi connectivity index (χ3n) is 4.29. The van der Waals surface area contributed by atoms with Crippen LogP contribution in [0.5, 0.6) is 0 Å². The van der Waals surface area contributed by atoms with Gasteiger partial charge in [-0.15, -0.1) is 5.10 Å². The Morgan fingerprint density at radius 3 is 2.96 bits per heavy atom. The second-order valence-corrected chi connectivity index (χ2v) is 6.44. The summed E-state index contributed by atoms with van der Waals surface area (Å²) in [7, 11) is 0. The predicted octanol–water partition coefficient (Wildman–Crippen LogP) is 2.22. The Labute approximate surface area is 149 Å². The molecule has 0 unspecified atom stereocenters. The van der Waals surface area contributed by atoms with Crippen molar-refractivity contribution >= 4 is 17.5 Å². The van der Waals surface area contributed by atoms with E-state index >= 15 is 0 Å². The van der Waals surface area contributed by atoms with Crippen molar-refractivity contribution in [3.05, 3.63) is 64.7 Å². The molecule has 0 saturated carbocycles. The summed E-state index contributed by atoms with van der Waals surface area (Å²) >= 11 is 6.02. The van der Waals surface area contributed by atoms with Gasteiger partial charge in [0.2, 0.25) is 0 Å². The second-order valence-electron chi connectivity index (χ2n) is 6.00. The van der Waals surface area contributed by atoms with Gasteiger partial charge in [-0.1, -0.05) is 22.9 Å². The molecule has 8 heteroatoms. The number of nitrogens with zero attached hydrogens (tertiary/aromatic N) is 6. The fraction of sp³-hybridized carbons (Fsp3) is 0.294. The van der Waals surface area contributed by atoms with E-state index in [9.17, 15) is 4.79 Å². The number of aromatic nitrogens is 5. The van der Waals surface area contributed by atoms with E-state index < -0.39 is 0 Å². The number of hydrogen-bond acceptors (Lipinski definition) is 4. The van der Waals surface area contributed by atoms with Gasteiger partial charge in [-0.25, -0.2) is 4.68 Å². The smallest absolute Gasteiger partial charge is 0.254 e. The zero-order valence-electron chi connectivity index (χ0n) is 13.5. The minimum Gasteiger partial charge on any atom is -0.333 e. The predicted molar refractivity (Wildman–Crippen MR) is 92.2 cm³/mol. The molecule has 3 aromatic rings. The van der Waals surface area contributed by atoms with Crippen molar-refractivity contribution in [1.82, 2.24) is 29.7 Å². The minimum absolute atomic E-state index is 0.0258. The van der Waals surface area contributed by atoms with Crippen LogP contribution >= 0.6 is 11.6 Å². The van der Waals surface area contributed by atoms with E-state index in [-0.39, 0.29) is 5.91 Å². The number of amides is 1. The quantitative estimate of drug-likeness (QED) is 0.721. The van der Waals surface area contributed by atoms with Crippen LogP contribution in [0.15, 0.2) is 42.7 Å². The maximum atomic E-state index is 12.9. The molecule has 1 aliphatic rings. The van der Waals surface area contributed by atoms with E-state index in [1.807, 2.05) is 21.8 Å². The largest absolute Gasteiger partial charge is 0.333 e. The monoisotopic (exact) mass is 356 g/mol. The third kappa shape index (κ3) is 3.28. The van der Waals surface area contributed by atoms with Crippen molar-refractivity contribution in [1.29, 1.82) is 0 Å². The highest BCUT2D eigenvalue weighted by atomic mass is 35.5. The fourth-order valence-corrected chi connectivity index (χ4v) is 3.23. The first-order chi connectivity index (χ1) is 12.2. The number of halogens is 1. The highest BCUT2D eigenvalue weighted by molar-refractivity contribution is 6.30. The lowest BCUT2D eigenvalue weighted by molar-refractivity contribution is 0.0745. The Morgan fingerprint density at radius 1 is 1.24 bits per heavy atom. The Bertz CT molecular complexity index is 888. The molecule has 25 heavy (non-hydrogen) atoms. The van der Waals surface area contributed by atoms with Crippen molar-refractivity contribution in [2.45, 2.75) is 26.1 Å². The summed E-state index contributed by atoms with van der Waals surface area (Å²) in [6.07, 6.45) is 4.46. The maximum Gasteiger partial charge on any atom is 0.254 e. The van der Waals surface area contributed by atoms with Gasteiger partial charge in [-0.3, -0.25) is 9.48 Å². The highest BCUT2D eigenvalue weighted by Gasteiger charge is 2.24. The van der Waals surface area contributed by atoms with Crippen LogP contribution in [0.25, 0.3) is 0 Å². The van der Waals surface area contributed by atoms with Crippen LogP contribution < -0.4 is 0 Å². The molecule has 2 aromatic heterocycles. The van der Waals surface area contributed by atoms with Gasteiger partial charge in [-0.05, 0) is 30.7 Å². The lowest BCUT2D eigenvalue weighted by Gasteiger charge is -2.20. The number of hydrogen-bond donors (Lipinski definition) is 0. The normalized spacial score (nSPS) is 14.2. The molecule has 1 amide bonds. The van der Waals surface area contributed by atoms with Gasteiger partial charge < -0.3 is 4.90 Å². The van der Waals surface area contributed by atoms with Crippen LogP contribution in [0.1, 0.15) is 28.2 Å². The van der Waals surface area contributed by atoms with Crippen LogP contribution in [-0.2, 0) is 19.6 Å². The minimum atomic E-state index is -0.0258. The average Bonchev–Trinajstić information content (AvgIpc) is 3.20. The van der Waals surface area contributed by atoms with Gasteiger partial charge in [0.1, 0.15) is 5.69 Å². The third-order valence-corrected chi connectivity index (χ3v) is 4.52. The Morgan fingerprint density at radius 2 is 2.16 bits per heavy atom. The summed E-state index contributed by atoms with van der Waals surface area (Å²) in [6, 6.07) is 8.93. The molecule has 1 aromatic carbocycles. The van der Waals surface area contributed by atoms with E-state index in [0.717, 1.165) is 24.4 Å². The topological polar surface area (TPSA) is 68.8 Å². The molecular weight excluding hydrogens is 340 g/mol. The van der Waals surface area contributed by atoms with Gasteiger partial charge in [0.25, 0.3) is 5.91 Å². The van der Waals surface area contributed by atoms with Crippen LogP contribution in [-0.4, -0.2) is 42.1 Å². The molecule has 4 rings (SSSR count). The summed E-state index contributed by atoms with van der Waals surface area (Å²) in [6.45, 7) is 2.45. The zero-order valence-corrected chi connectivity index (χ0v) is 14.3. The van der Waals surface area contributed by atoms with Crippen molar-refractivity contribution in [3.63, 3.8) is 0 Å². The van der Waals surface area contributed by atoms with Crippen LogP contribution in [0.3, 0.4) is 0 Å². The SMILES string of the molecule is O=C(c1cccc(Cl)c1)N1CCCn2nnc(Cn3cccn3)c2C1. The van der Waals surface area contributed by atoms with E-state index in [2.05, 4.69) is 15.4 Å². The molecule has 0 spiro atoms. The summed E-state index contributed by atoms with van der Waals surface area (Å²) in [5, 5.41) is 13.3. The molecule has 3 heterocycles.